The Kier molecular flexibility index (Phi) is 14.7. The number of fused-ring (bicyclic) bond motifs is 2. The summed E-state index contributed by atoms with van der Waals surface area (Å²) < 4.78 is 18.0. The summed E-state index contributed by atoms with van der Waals surface area (Å²) >= 11 is 0. The fraction of sp³-hybridized carbons (Fsp3) is 0.364. The number of benzene rings is 4. The molecule has 296 valence electrons. The maximum absolute atomic E-state index is 14.9. The van der Waals surface area contributed by atoms with Crippen molar-refractivity contribution < 1.29 is 33.4 Å². The Morgan fingerprint density at radius 2 is 1.46 bits per heavy atom. The maximum atomic E-state index is 14.9. The number of amides is 4. The summed E-state index contributed by atoms with van der Waals surface area (Å²) in [6, 6.07) is 28.7. The van der Waals surface area contributed by atoms with E-state index in [1.165, 1.54) is 0 Å². The normalized spacial score (nSPS) is 12.6. The number of hydrogen-bond donors (Lipinski definition) is 3. The molecule has 1 aromatic heterocycles. The largest absolute Gasteiger partial charge is 0.488 e. The highest BCUT2D eigenvalue weighted by molar-refractivity contribution is 5.89. The number of carbonyl (C=O) groups is 3. The predicted molar refractivity (Wildman–Crippen MR) is 217 cm³/mol. The molecule has 0 aliphatic carbocycles. The minimum atomic E-state index is -1.03. The third kappa shape index (κ3) is 11.7. The molecule has 2 atom stereocenters. The Bertz CT molecular complexity index is 2050. The van der Waals surface area contributed by atoms with E-state index < -0.39 is 36.9 Å². The lowest BCUT2D eigenvalue weighted by Crippen LogP contribution is -2.55. The van der Waals surface area contributed by atoms with Crippen LogP contribution in [0.15, 0.2) is 103 Å². The number of aromatic nitrogens is 1. The van der Waals surface area contributed by atoms with Crippen molar-refractivity contribution in [3.63, 3.8) is 0 Å². The molecule has 0 spiro atoms. The average molecular weight is 764 g/mol. The number of hydroxylamine groups is 1. The second kappa shape index (κ2) is 19.9. The molecular weight excluding hydrogens is 711 g/mol. The zero-order valence-corrected chi connectivity index (χ0v) is 33.0. The first-order chi connectivity index (χ1) is 27.0. The zero-order chi connectivity index (χ0) is 40.1. The van der Waals surface area contributed by atoms with Crippen molar-refractivity contribution in [3.05, 3.63) is 120 Å². The molecule has 0 radical (unpaired) electrons. The van der Waals surface area contributed by atoms with Gasteiger partial charge in [0.05, 0.1) is 11.6 Å². The lowest BCUT2D eigenvalue weighted by molar-refractivity contribution is -0.179. The Morgan fingerprint density at radius 3 is 2.18 bits per heavy atom. The van der Waals surface area contributed by atoms with Gasteiger partial charge >= 0.3 is 6.03 Å². The van der Waals surface area contributed by atoms with E-state index >= 15 is 0 Å². The minimum absolute atomic E-state index is 0.157. The summed E-state index contributed by atoms with van der Waals surface area (Å²) in [5.74, 6) is -0.281. The third-order valence-electron chi connectivity index (χ3n) is 9.00. The molecule has 4 amide bonds. The highest BCUT2D eigenvalue weighted by Gasteiger charge is 2.34. The number of carbonyl (C=O) groups excluding carboxylic acids is 3. The van der Waals surface area contributed by atoms with Gasteiger partial charge in [-0.2, -0.15) is 0 Å². The van der Waals surface area contributed by atoms with Gasteiger partial charge in [0.25, 0.3) is 0 Å². The number of nitrogens with one attached hydrogen (secondary N) is 3. The number of pyridine rings is 1. The van der Waals surface area contributed by atoms with Gasteiger partial charge in [0.15, 0.2) is 12.9 Å². The number of urea groups is 1. The molecule has 56 heavy (non-hydrogen) atoms. The number of ether oxygens (including phenoxy) is 3. The molecule has 0 fully saturated rings. The molecule has 5 rings (SSSR count). The van der Waals surface area contributed by atoms with E-state index in [4.69, 9.17) is 19.0 Å². The van der Waals surface area contributed by atoms with Gasteiger partial charge in [0, 0.05) is 44.3 Å². The van der Waals surface area contributed by atoms with Gasteiger partial charge in [0.1, 0.15) is 17.4 Å². The zero-order valence-electron chi connectivity index (χ0n) is 33.0. The lowest BCUT2D eigenvalue weighted by Gasteiger charge is -2.36. The molecule has 1 heterocycles. The van der Waals surface area contributed by atoms with Crippen molar-refractivity contribution in [2.75, 3.05) is 19.8 Å². The topological polar surface area (TPSA) is 140 Å². The van der Waals surface area contributed by atoms with Crippen LogP contribution in [0.1, 0.15) is 58.2 Å². The molecule has 12 heteroatoms. The van der Waals surface area contributed by atoms with Gasteiger partial charge in [-0.25, -0.2) is 10.3 Å². The molecule has 0 saturated carbocycles. The van der Waals surface area contributed by atoms with Crippen molar-refractivity contribution in [2.45, 2.75) is 85.0 Å². The first-order valence-corrected chi connectivity index (χ1v) is 19.0. The van der Waals surface area contributed by atoms with Crippen LogP contribution in [-0.2, 0) is 43.4 Å². The average Bonchev–Trinajstić information content (AvgIpc) is 3.18. The Hall–Kier alpha value is -5.56. The Labute approximate surface area is 328 Å². The first kappa shape index (κ1) is 41.6. The third-order valence-corrected chi connectivity index (χ3v) is 9.00. The Morgan fingerprint density at radius 1 is 0.804 bits per heavy atom. The van der Waals surface area contributed by atoms with Crippen LogP contribution in [-0.4, -0.2) is 71.5 Å². The van der Waals surface area contributed by atoms with Crippen LogP contribution >= 0.6 is 0 Å². The molecule has 5 aromatic rings. The van der Waals surface area contributed by atoms with Gasteiger partial charge < -0.3 is 29.7 Å². The Balaban J connectivity index is 1.34. The standard InChI is InChI=1S/C44H53N5O7/c1-7-53-42(54-8-2)30(3)49(28-35-18-12-16-33-19-13-25-45-40(33)35)41(51)38(26-31-21-23-36(24-22-31)56-44(4,5)6)47-39(50)29-55-48-43(52)46-27-34-17-11-15-32-14-9-10-20-37(32)34/h9-25,30,38,42H,7-8,26-29H2,1-6H3,(H,47,50)(H2,46,48,52). The van der Waals surface area contributed by atoms with Gasteiger partial charge in [0.2, 0.25) is 11.8 Å². The van der Waals surface area contributed by atoms with Crippen molar-refractivity contribution in [1.29, 1.82) is 0 Å². The number of nitrogens with zero attached hydrogens (tertiary/aromatic N) is 2. The number of para-hydroxylation sites is 1. The predicted octanol–water partition coefficient (Wildman–Crippen LogP) is 6.84. The second-order valence-corrected chi connectivity index (χ2v) is 14.4. The monoisotopic (exact) mass is 763 g/mol. The SMILES string of the molecule is CCOC(OCC)C(C)N(Cc1cccc2cccnc12)C(=O)C(Cc1ccc(OC(C)(C)C)cc1)NC(=O)CONC(=O)NCc1cccc2ccccc12. The minimum Gasteiger partial charge on any atom is -0.488 e. The van der Waals surface area contributed by atoms with Crippen LogP contribution in [0, 0.1) is 0 Å². The van der Waals surface area contributed by atoms with Crippen molar-refractivity contribution >= 4 is 39.5 Å². The van der Waals surface area contributed by atoms with Gasteiger partial charge in [-0.1, -0.05) is 78.9 Å². The van der Waals surface area contributed by atoms with Crippen LogP contribution < -0.4 is 20.9 Å². The second-order valence-electron chi connectivity index (χ2n) is 14.4. The summed E-state index contributed by atoms with van der Waals surface area (Å²) in [7, 11) is 0. The van der Waals surface area contributed by atoms with E-state index in [2.05, 4.69) is 21.1 Å². The van der Waals surface area contributed by atoms with Crippen molar-refractivity contribution in [1.82, 2.24) is 26.0 Å². The summed E-state index contributed by atoms with van der Waals surface area (Å²) in [6.45, 7) is 12.1. The molecule has 4 aromatic carbocycles. The van der Waals surface area contributed by atoms with Gasteiger partial charge in [-0.3, -0.25) is 19.4 Å². The fourth-order valence-corrected chi connectivity index (χ4v) is 6.45. The van der Waals surface area contributed by atoms with Crippen LogP contribution in [0.2, 0.25) is 0 Å². The quantitative estimate of drug-likeness (QED) is 0.0652. The van der Waals surface area contributed by atoms with Gasteiger partial charge in [-0.15, -0.1) is 0 Å². The van der Waals surface area contributed by atoms with Crippen LogP contribution in [0.4, 0.5) is 4.79 Å². The van der Waals surface area contributed by atoms with Crippen molar-refractivity contribution in [2.24, 2.45) is 0 Å². The summed E-state index contributed by atoms with van der Waals surface area (Å²) in [5.41, 5.74) is 5.21. The van der Waals surface area contributed by atoms with E-state index in [0.717, 1.165) is 38.4 Å². The molecule has 2 unspecified atom stereocenters. The number of rotatable bonds is 18. The van der Waals surface area contributed by atoms with Crippen LogP contribution in [0.3, 0.4) is 0 Å². The highest BCUT2D eigenvalue weighted by atomic mass is 16.7. The molecular formula is C44H53N5O7. The van der Waals surface area contributed by atoms with E-state index in [1.54, 1.807) is 11.1 Å². The highest BCUT2D eigenvalue weighted by Crippen LogP contribution is 2.24. The summed E-state index contributed by atoms with van der Waals surface area (Å²) in [5, 5.41) is 8.66. The van der Waals surface area contributed by atoms with E-state index in [-0.39, 0.29) is 31.0 Å². The number of hydrogen-bond acceptors (Lipinski definition) is 8. The lowest BCUT2D eigenvalue weighted by atomic mass is 10.0. The molecule has 0 aliphatic heterocycles. The van der Waals surface area contributed by atoms with Crippen LogP contribution in [0.5, 0.6) is 5.75 Å². The van der Waals surface area contributed by atoms with E-state index in [1.807, 2.05) is 139 Å². The van der Waals surface area contributed by atoms with Crippen molar-refractivity contribution in [3.8, 4) is 5.75 Å². The van der Waals surface area contributed by atoms with E-state index in [9.17, 15) is 14.4 Å². The fourth-order valence-electron chi connectivity index (χ4n) is 6.45. The summed E-state index contributed by atoms with van der Waals surface area (Å²) in [4.78, 5) is 52.6. The van der Waals surface area contributed by atoms with Crippen LogP contribution in [0.25, 0.3) is 21.7 Å². The molecule has 12 nitrogen and oxygen atoms in total. The molecule has 0 aliphatic rings. The first-order valence-electron chi connectivity index (χ1n) is 19.0. The van der Waals surface area contributed by atoms with E-state index in [0.29, 0.717) is 19.0 Å². The smallest absolute Gasteiger partial charge is 0.338 e. The molecule has 0 bridgehead atoms. The maximum Gasteiger partial charge on any atom is 0.338 e. The summed E-state index contributed by atoms with van der Waals surface area (Å²) in [6.07, 6.45) is 1.14. The molecule has 0 saturated heterocycles. The molecule has 3 N–H and O–H groups in total. The van der Waals surface area contributed by atoms with Gasteiger partial charge in [-0.05, 0) is 87.2 Å².